The third-order valence-corrected chi connectivity index (χ3v) is 4.01. The standard InChI is InChI=1S/C22H19NO4/c1-15-5-7-16(8-6-15)14-27-20-11-9-17(10-12-20)21(24)23-19-4-2-3-18(13-19)22(25)26/h2-13H,14H2,1H3,(H,23,24)(H,25,26). The van der Waals surface area contributed by atoms with Crippen LogP contribution in [-0.4, -0.2) is 17.0 Å². The molecule has 0 saturated carbocycles. The van der Waals surface area contributed by atoms with Crippen molar-refractivity contribution >= 4 is 17.6 Å². The topological polar surface area (TPSA) is 75.6 Å². The van der Waals surface area contributed by atoms with Crippen molar-refractivity contribution in [1.82, 2.24) is 0 Å². The molecule has 5 heteroatoms. The number of hydrogen-bond donors (Lipinski definition) is 2. The van der Waals surface area contributed by atoms with Crippen LogP contribution in [0.5, 0.6) is 5.75 Å². The molecule has 136 valence electrons. The molecule has 0 aliphatic rings. The van der Waals surface area contributed by atoms with E-state index < -0.39 is 5.97 Å². The lowest BCUT2D eigenvalue weighted by Gasteiger charge is -2.09. The molecule has 0 bridgehead atoms. The van der Waals surface area contributed by atoms with E-state index in [1.165, 1.54) is 17.7 Å². The van der Waals surface area contributed by atoms with Gasteiger partial charge in [-0.1, -0.05) is 35.9 Å². The van der Waals surface area contributed by atoms with Gasteiger partial charge in [0.05, 0.1) is 5.56 Å². The lowest BCUT2D eigenvalue weighted by Crippen LogP contribution is -2.12. The molecule has 3 aromatic rings. The molecule has 5 nitrogen and oxygen atoms in total. The molecule has 0 spiro atoms. The molecule has 0 radical (unpaired) electrons. The molecule has 0 unspecified atom stereocenters. The Kier molecular flexibility index (Phi) is 5.52. The molecule has 0 aliphatic heterocycles. The highest BCUT2D eigenvalue weighted by Gasteiger charge is 2.09. The number of carboxylic acid groups (broad SMARTS) is 1. The zero-order chi connectivity index (χ0) is 19.2. The first-order valence-electron chi connectivity index (χ1n) is 8.44. The van der Waals surface area contributed by atoms with Gasteiger partial charge in [-0.3, -0.25) is 4.79 Å². The van der Waals surface area contributed by atoms with Crippen molar-refractivity contribution in [3.63, 3.8) is 0 Å². The van der Waals surface area contributed by atoms with Gasteiger partial charge in [-0.25, -0.2) is 4.79 Å². The SMILES string of the molecule is Cc1ccc(COc2ccc(C(=O)Nc3cccc(C(=O)O)c3)cc2)cc1. The third kappa shape index (κ3) is 4.95. The van der Waals surface area contributed by atoms with E-state index in [9.17, 15) is 9.59 Å². The number of hydrogen-bond acceptors (Lipinski definition) is 3. The number of rotatable bonds is 6. The molecule has 0 atom stereocenters. The number of carboxylic acids is 1. The minimum absolute atomic E-state index is 0.118. The lowest BCUT2D eigenvalue weighted by atomic mass is 10.1. The van der Waals surface area contributed by atoms with Crippen LogP contribution in [0.4, 0.5) is 5.69 Å². The third-order valence-electron chi connectivity index (χ3n) is 4.01. The van der Waals surface area contributed by atoms with Crippen LogP contribution < -0.4 is 10.1 Å². The second-order valence-electron chi connectivity index (χ2n) is 6.14. The van der Waals surface area contributed by atoms with Gasteiger partial charge in [0.15, 0.2) is 0 Å². The largest absolute Gasteiger partial charge is 0.489 e. The van der Waals surface area contributed by atoms with Crippen LogP contribution in [0.15, 0.2) is 72.8 Å². The molecule has 27 heavy (non-hydrogen) atoms. The fraction of sp³-hybridized carbons (Fsp3) is 0.0909. The number of aryl methyl sites for hydroxylation is 1. The van der Waals surface area contributed by atoms with E-state index in [1.807, 2.05) is 31.2 Å². The molecular weight excluding hydrogens is 342 g/mol. The van der Waals surface area contributed by atoms with Gasteiger partial charge in [0.1, 0.15) is 12.4 Å². The number of benzene rings is 3. The maximum Gasteiger partial charge on any atom is 0.335 e. The highest BCUT2D eigenvalue weighted by molar-refractivity contribution is 6.04. The van der Waals surface area contributed by atoms with Crippen LogP contribution in [0.1, 0.15) is 31.8 Å². The van der Waals surface area contributed by atoms with E-state index in [0.29, 0.717) is 23.6 Å². The molecule has 0 aromatic heterocycles. The highest BCUT2D eigenvalue weighted by atomic mass is 16.5. The van der Waals surface area contributed by atoms with E-state index in [0.717, 1.165) is 5.56 Å². The van der Waals surface area contributed by atoms with E-state index >= 15 is 0 Å². The van der Waals surface area contributed by atoms with Crippen LogP contribution in [0.25, 0.3) is 0 Å². The Morgan fingerprint density at radius 3 is 2.30 bits per heavy atom. The van der Waals surface area contributed by atoms with Crippen molar-refractivity contribution in [2.75, 3.05) is 5.32 Å². The summed E-state index contributed by atoms with van der Waals surface area (Å²) in [5, 5.41) is 11.7. The quantitative estimate of drug-likeness (QED) is 0.677. The molecule has 0 saturated heterocycles. The van der Waals surface area contributed by atoms with E-state index in [1.54, 1.807) is 36.4 Å². The van der Waals surface area contributed by atoms with Gasteiger partial charge in [-0.15, -0.1) is 0 Å². The summed E-state index contributed by atoms with van der Waals surface area (Å²) in [6, 6.07) is 21.0. The maximum atomic E-state index is 12.3. The second kappa shape index (κ2) is 8.19. The first-order chi connectivity index (χ1) is 13.0. The van der Waals surface area contributed by atoms with E-state index in [4.69, 9.17) is 9.84 Å². The number of anilines is 1. The summed E-state index contributed by atoms with van der Waals surface area (Å²) >= 11 is 0. The number of aromatic carboxylic acids is 1. The van der Waals surface area contributed by atoms with Gasteiger partial charge in [0.2, 0.25) is 0 Å². The summed E-state index contributed by atoms with van der Waals surface area (Å²) in [7, 11) is 0. The minimum atomic E-state index is -1.04. The molecular formula is C22H19NO4. The average molecular weight is 361 g/mol. The van der Waals surface area contributed by atoms with Gasteiger partial charge < -0.3 is 15.2 Å². The number of carbonyl (C=O) groups is 2. The fourth-order valence-corrected chi connectivity index (χ4v) is 2.49. The van der Waals surface area contributed by atoms with Crippen molar-refractivity contribution in [3.8, 4) is 5.75 Å². The van der Waals surface area contributed by atoms with Gasteiger partial charge >= 0.3 is 5.97 Å². The molecule has 2 N–H and O–H groups in total. The predicted molar refractivity (Wildman–Crippen MR) is 103 cm³/mol. The summed E-state index contributed by atoms with van der Waals surface area (Å²) in [6.07, 6.45) is 0. The summed E-state index contributed by atoms with van der Waals surface area (Å²) in [4.78, 5) is 23.3. The summed E-state index contributed by atoms with van der Waals surface area (Å²) in [5.74, 6) is -0.691. The minimum Gasteiger partial charge on any atom is -0.489 e. The number of ether oxygens (including phenoxy) is 1. The average Bonchev–Trinajstić information content (AvgIpc) is 2.68. The van der Waals surface area contributed by atoms with Crippen molar-refractivity contribution < 1.29 is 19.4 Å². The van der Waals surface area contributed by atoms with Crippen molar-refractivity contribution in [3.05, 3.63) is 95.1 Å². The monoisotopic (exact) mass is 361 g/mol. The highest BCUT2D eigenvalue weighted by Crippen LogP contribution is 2.17. The molecule has 3 rings (SSSR count). The normalized spacial score (nSPS) is 10.3. The zero-order valence-electron chi connectivity index (χ0n) is 14.8. The van der Waals surface area contributed by atoms with Crippen LogP contribution in [-0.2, 0) is 6.61 Å². The molecule has 0 heterocycles. The Hall–Kier alpha value is -3.60. The number of carbonyl (C=O) groups excluding carboxylic acids is 1. The molecule has 1 amide bonds. The Morgan fingerprint density at radius 2 is 1.63 bits per heavy atom. The van der Waals surface area contributed by atoms with Crippen LogP contribution in [0.2, 0.25) is 0 Å². The maximum absolute atomic E-state index is 12.3. The Morgan fingerprint density at radius 1 is 0.926 bits per heavy atom. The molecule has 0 fully saturated rings. The Bertz CT molecular complexity index is 947. The fourth-order valence-electron chi connectivity index (χ4n) is 2.49. The molecule has 3 aromatic carbocycles. The van der Waals surface area contributed by atoms with Gasteiger partial charge in [0, 0.05) is 11.3 Å². The summed E-state index contributed by atoms with van der Waals surface area (Å²) in [5.41, 5.74) is 3.27. The molecule has 0 aliphatic carbocycles. The van der Waals surface area contributed by atoms with Crippen molar-refractivity contribution in [2.24, 2.45) is 0 Å². The Balaban J connectivity index is 1.60. The first-order valence-corrected chi connectivity index (χ1v) is 8.44. The smallest absolute Gasteiger partial charge is 0.335 e. The van der Waals surface area contributed by atoms with Crippen LogP contribution >= 0.6 is 0 Å². The number of nitrogens with one attached hydrogen (secondary N) is 1. The predicted octanol–water partition coefficient (Wildman–Crippen LogP) is 4.52. The van der Waals surface area contributed by atoms with Gasteiger partial charge in [-0.05, 0) is 55.0 Å². The van der Waals surface area contributed by atoms with Gasteiger partial charge in [0.25, 0.3) is 5.91 Å². The van der Waals surface area contributed by atoms with Crippen LogP contribution in [0, 0.1) is 6.92 Å². The lowest BCUT2D eigenvalue weighted by molar-refractivity contribution is 0.0696. The summed E-state index contributed by atoms with van der Waals surface area (Å²) in [6.45, 7) is 2.49. The van der Waals surface area contributed by atoms with Crippen molar-refractivity contribution in [2.45, 2.75) is 13.5 Å². The second-order valence-corrected chi connectivity index (χ2v) is 6.14. The van der Waals surface area contributed by atoms with E-state index in [-0.39, 0.29) is 11.5 Å². The first kappa shape index (κ1) is 18.2. The van der Waals surface area contributed by atoms with E-state index in [2.05, 4.69) is 5.32 Å². The van der Waals surface area contributed by atoms with Gasteiger partial charge in [-0.2, -0.15) is 0 Å². The Labute approximate surface area is 157 Å². The zero-order valence-corrected chi connectivity index (χ0v) is 14.8. The summed E-state index contributed by atoms with van der Waals surface area (Å²) < 4.78 is 5.73. The van der Waals surface area contributed by atoms with Crippen LogP contribution in [0.3, 0.4) is 0 Å². The van der Waals surface area contributed by atoms with Crippen molar-refractivity contribution in [1.29, 1.82) is 0 Å². The number of amides is 1.